The molecule has 2 heterocycles. The molecule has 0 radical (unpaired) electrons. The van der Waals surface area contributed by atoms with Crippen LogP contribution < -0.4 is 10.2 Å². The van der Waals surface area contributed by atoms with Gasteiger partial charge in [0, 0.05) is 31.7 Å². The number of carbonyl (C=O) groups is 1. The Morgan fingerprint density at radius 1 is 1.21 bits per heavy atom. The molecule has 1 aromatic heterocycles. The van der Waals surface area contributed by atoms with E-state index in [1.807, 2.05) is 6.07 Å². The van der Waals surface area contributed by atoms with E-state index in [1.165, 1.54) is 18.2 Å². The van der Waals surface area contributed by atoms with Gasteiger partial charge in [-0.1, -0.05) is 13.0 Å². The van der Waals surface area contributed by atoms with Crippen molar-refractivity contribution in [2.24, 2.45) is 0 Å². The number of benzene rings is 1. The molecular formula is C18H21FN4O. The van der Waals surface area contributed by atoms with Crippen molar-refractivity contribution >= 4 is 17.4 Å². The zero-order chi connectivity index (χ0) is 16.9. The van der Waals surface area contributed by atoms with Crippen LogP contribution in [-0.2, 0) is 0 Å². The number of anilines is 2. The number of halogens is 1. The van der Waals surface area contributed by atoms with Gasteiger partial charge in [0.05, 0.1) is 11.9 Å². The second-order valence-electron chi connectivity index (χ2n) is 5.79. The van der Waals surface area contributed by atoms with E-state index >= 15 is 0 Å². The molecule has 0 atom stereocenters. The summed E-state index contributed by atoms with van der Waals surface area (Å²) < 4.78 is 13.2. The average molecular weight is 328 g/mol. The fraction of sp³-hybridized carbons (Fsp3) is 0.333. The molecular weight excluding hydrogens is 307 g/mol. The molecule has 6 heteroatoms. The molecule has 1 aromatic carbocycles. The molecule has 0 bridgehead atoms. The lowest BCUT2D eigenvalue weighted by Crippen LogP contribution is -2.46. The third kappa shape index (κ3) is 3.89. The number of nitrogens with one attached hydrogen (secondary N) is 1. The summed E-state index contributed by atoms with van der Waals surface area (Å²) >= 11 is 0. The van der Waals surface area contributed by atoms with Crippen LogP contribution in [-0.4, -0.2) is 48.5 Å². The molecule has 1 N–H and O–H groups in total. The summed E-state index contributed by atoms with van der Waals surface area (Å²) in [5, 5.41) is 2.69. The summed E-state index contributed by atoms with van der Waals surface area (Å²) in [5.74, 6) is -0.344. The number of likely N-dealkylation sites (N-methyl/N-ethyl adjacent to an activating group) is 1. The summed E-state index contributed by atoms with van der Waals surface area (Å²) in [4.78, 5) is 21.1. The number of carbonyl (C=O) groups excluding carboxylic acids is 1. The van der Waals surface area contributed by atoms with Crippen LogP contribution in [0.4, 0.5) is 15.9 Å². The monoisotopic (exact) mass is 328 g/mol. The highest BCUT2D eigenvalue weighted by Crippen LogP contribution is 2.17. The summed E-state index contributed by atoms with van der Waals surface area (Å²) in [6, 6.07) is 9.32. The second kappa shape index (κ2) is 7.40. The summed E-state index contributed by atoms with van der Waals surface area (Å²) in [5.41, 5.74) is 1.33. The van der Waals surface area contributed by atoms with Crippen LogP contribution in [0.1, 0.15) is 17.3 Å². The number of hydrogen-bond donors (Lipinski definition) is 1. The van der Waals surface area contributed by atoms with Crippen molar-refractivity contribution in [1.29, 1.82) is 0 Å². The van der Waals surface area contributed by atoms with Crippen LogP contribution in [0.3, 0.4) is 0 Å². The van der Waals surface area contributed by atoms with E-state index in [0.717, 1.165) is 38.4 Å². The molecule has 1 fully saturated rings. The molecule has 1 aliphatic heterocycles. The highest BCUT2D eigenvalue weighted by atomic mass is 19.1. The van der Waals surface area contributed by atoms with E-state index in [2.05, 4.69) is 27.0 Å². The summed E-state index contributed by atoms with van der Waals surface area (Å²) in [7, 11) is 0. The third-order valence-electron chi connectivity index (χ3n) is 4.26. The zero-order valence-corrected chi connectivity index (χ0v) is 13.7. The lowest BCUT2D eigenvalue weighted by atomic mass is 10.2. The first-order valence-corrected chi connectivity index (χ1v) is 8.16. The fourth-order valence-electron chi connectivity index (χ4n) is 2.79. The normalized spacial score (nSPS) is 15.3. The van der Waals surface area contributed by atoms with E-state index in [1.54, 1.807) is 18.3 Å². The minimum Gasteiger partial charge on any atom is -0.368 e. The van der Waals surface area contributed by atoms with Gasteiger partial charge >= 0.3 is 0 Å². The highest BCUT2D eigenvalue weighted by molar-refractivity contribution is 6.03. The number of amides is 1. The molecule has 5 nitrogen and oxygen atoms in total. The Labute approximate surface area is 141 Å². The number of hydrogen-bond acceptors (Lipinski definition) is 4. The van der Waals surface area contributed by atoms with Gasteiger partial charge in [-0.05, 0) is 36.9 Å². The minimum absolute atomic E-state index is 0.275. The molecule has 24 heavy (non-hydrogen) atoms. The Kier molecular flexibility index (Phi) is 5.05. The molecule has 0 saturated carbocycles. The maximum absolute atomic E-state index is 13.2. The van der Waals surface area contributed by atoms with Gasteiger partial charge in [-0.15, -0.1) is 0 Å². The number of nitrogens with zero attached hydrogens (tertiary/aromatic N) is 3. The van der Waals surface area contributed by atoms with Gasteiger partial charge in [0.1, 0.15) is 11.6 Å². The van der Waals surface area contributed by atoms with Crippen molar-refractivity contribution in [2.75, 3.05) is 42.9 Å². The van der Waals surface area contributed by atoms with Gasteiger partial charge in [-0.2, -0.15) is 0 Å². The van der Waals surface area contributed by atoms with Crippen molar-refractivity contribution in [3.63, 3.8) is 0 Å². The third-order valence-corrected chi connectivity index (χ3v) is 4.26. The molecule has 0 aliphatic carbocycles. The van der Waals surface area contributed by atoms with Crippen molar-refractivity contribution in [3.8, 4) is 0 Å². The van der Waals surface area contributed by atoms with Gasteiger partial charge in [-0.3, -0.25) is 4.79 Å². The number of pyridine rings is 1. The second-order valence-corrected chi connectivity index (χ2v) is 5.79. The minimum atomic E-state index is -0.433. The highest BCUT2D eigenvalue weighted by Gasteiger charge is 2.16. The standard InChI is InChI=1S/C18H21FN4O/c1-2-22-8-10-23(11-9-22)16-6-7-17(20-13-16)21-18(24)14-4-3-5-15(19)12-14/h3-7,12-13H,2,8-11H2,1H3,(H,20,21,24). The smallest absolute Gasteiger partial charge is 0.256 e. The summed E-state index contributed by atoms with van der Waals surface area (Å²) in [6.45, 7) is 7.31. The van der Waals surface area contributed by atoms with Crippen molar-refractivity contribution in [1.82, 2.24) is 9.88 Å². The van der Waals surface area contributed by atoms with E-state index in [4.69, 9.17) is 0 Å². The number of rotatable bonds is 4. The van der Waals surface area contributed by atoms with E-state index in [-0.39, 0.29) is 11.5 Å². The molecule has 2 aromatic rings. The van der Waals surface area contributed by atoms with Crippen LogP contribution in [0.15, 0.2) is 42.6 Å². The van der Waals surface area contributed by atoms with Crippen molar-refractivity contribution in [2.45, 2.75) is 6.92 Å². The lowest BCUT2D eigenvalue weighted by Gasteiger charge is -2.35. The molecule has 0 unspecified atom stereocenters. The average Bonchev–Trinajstić information content (AvgIpc) is 2.62. The van der Waals surface area contributed by atoms with Crippen LogP contribution in [0, 0.1) is 5.82 Å². The van der Waals surface area contributed by atoms with Crippen LogP contribution in [0.5, 0.6) is 0 Å². The molecule has 1 saturated heterocycles. The largest absolute Gasteiger partial charge is 0.368 e. The Bertz CT molecular complexity index is 696. The molecule has 3 rings (SSSR count). The SMILES string of the molecule is CCN1CCN(c2ccc(NC(=O)c3cccc(F)c3)nc2)CC1. The Morgan fingerprint density at radius 3 is 2.62 bits per heavy atom. The maximum Gasteiger partial charge on any atom is 0.256 e. The first-order chi connectivity index (χ1) is 11.7. The first-order valence-electron chi connectivity index (χ1n) is 8.16. The van der Waals surface area contributed by atoms with E-state index in [9.17, 15) is 9.18 Å². The van der Waals surface area contributed by atoms with Crippen molar-refractivity contribution in [3.05, 3.63) is 54.0 Å². The lowest BCUT2D eigenvalue weighted by molar-refractivity contribution is 0.102. The van der Waals surface area contributed by atoms with Crippen LogP contribution in [0.25, 0.3) is 0 Å². The summed E-state index contributed by atoms with van der Waals surface area (Å²) in [6.07, 6.45) is 1.77. The fourth-order valence-corrected chi connectivity index (χ4v) is 2.79. The number of piperazine rings is 1. The molecule has 1 amide bonds. The predicted molar refractivity (Wildman–Crippen MR) is 92.9 cm³/mol. The quantitative estimate of drug-likeness (QED) is 0.937. The Hall–Kier alpha value is -2.47. The molecule has 0 spiro atoms. The van der Waals surface area contributed by atoms with Gasteiger partial charge in [0.25, 0.3) is 5.91 Å². The van der Waals surface area contributed by atoms with Gasteiger partial charge < -0.3 is 15.1 Å². The van der Waals surface area contributed by atoms with E-state index < -0.39 is 5.82 Å². The topological polar surface area (TPSA) is 48.5 Å². The van der Waals surface area contributed by atoms with E-state index in [0.29, 0.717) is 5.82 Å². The predicted octanol–water partition coefficient (Wildman–Crippen LogP) is 2.61. The Balaban J connectivity index is 1.61. The van der Waals surface area contributed by atoms with Crippen LogP contribution in [0.2, 0.25) is 0 Å². The van der Waals surface area contributed by atoms with Crippen LogP contribution >= 0.6 is 0 Å². The zero-order valence-electron chi connectivity index (χ0n) is 13.7. The molecule has 1 aliphatic rings. The van der Waals surface area contributed by atoms with Gasteiger partial charge in [0.15, 0.2) is 0 Å². The first kappa shape index (κ1) is 16.4. The van der Waals surface area contributed by atoms with Gasteiger partial charge in [-0.25, -0.2) is 9.37 Å². The number of aromatic nitrogens is 1. The Morgan fingerprint density at radius 2 is 2.00 bits per heavy atom. The van der Waals surface area contributed by atoms with Crippen molar-refractivity contribution < 1.29 is 9.18 Å². The maximum atomic E-state index is 13.2. The molecule has 126 valence electrons. The van der Waals surface area contributed by atoms with Gasteiger partial charge in [0.2, 0.25) is 0 Å².